The van der Waals surface area contributed by atoms with Crippen molar-refractivity contribution >= 4 is 12.9 Å². The lowest BCUT2D eigenvalue weighted by Crippen LogP contribution is -2.15. The van der Waals surface area contributed by atoms with Crippen LogP contribution in [0.25, 0.3) is 0 Å². The number of nitrogens with two attached hydrogens (primary N) is 1. The summed E-state index contributed by atoms with van der Waals surface area (Å²) in [6, 6.07) is -0.350. The van der Waals surface area contributed by atoms with Crippen molar-refractivity contribution in [2.24, 2.45) is 15.9 Å². The number of aliphatic imine (C=N–C) groups is 1. The fourth-order valence-corrected chi connectivity index (χ4v) is 0.835. The van der Waals surface area contributed by atoms with Crippen LogP contribution in [0.4, 0.5) is 0 Å². The Labute approximate surface area is 90.0 Å². The lowest BCUT2D eigenvalue weighted by atomic mass is 10.2. The standard InChI is InChI=1S/C10H17N3O2/c1-5-13-15-8(2)6-9(11)7-10(12-3)14-4/h5-7,9H,3,11H2,1-2,4H3/b8-6+,10-7+,13-5+. The van der Waals surface area contributed by atoms with Crippen molar-refractivity contribution < 1.29 is 9.57 Å². The minimum atomic E-state index is -0.350. The highest BCUT2D eigenvalue weighted by Gasteiger charge is 1.99. The van der Waals surface area contributed by atoms with Crippen LogP contribution in [0.15, 0.2) is 33.9 Å². The van der Waals surface area contributed by atoms with Crippen molar-refractivity contribution in [2.75, 3.05) is 7.11 Å². The molecule has 1 unspecified atom stereocenters. The highest BCUT2D eigenvalue weighted by atomic mass is 16.6. The average Bonchev–Trinajstić information content (AvgIpc) is 2.22. The van der Waals surface area contributed by atoms with Gasteiger partial charge in [-0.3, -0.25) is 0 Å². The lowest BCUT2D eigenvalue weighted by Gasteiger charge is -2.04. The van der Waals surface area contributed by atoms with Gasteiger partial charge in [0.05, 0.1) is 13.2 Å². The molecule has 0 rings (SSSR count). The van der Waals surface area contributed by atoms with Crippen molar-refractivity contribution in [3.8, 4) is 0 Å². The van der Waals surface area contributed by atoms with E-state index < -0.39 is 0 Å². The van der Waals surface area contributed by atoms with Crippen LogP contribution in [0.2, 0.25) is 0 Å². The Morgan fingerprint density at radius 1 is 1.47 bits per heavy atom. The topological polar surface area (TPSA) is 69.2 Å². The Hall–Kier alpha value is -1.62. The van der Waals surface area contributed by atoms with E-state index in [0.717, 1.165) is 0 Å². The quantitative estimate of drug-likeness (QED) is 0.410. The summed E-state index contributed by atoms with van der Waals surface area (Å²) in [6.07, 6.45) is 4.86. The molecule has 5 nitrogen and oxygen atoms in total. The van der Waals surface area contributed by atoms with Gasteiger partial charge in [0, 0.05) is 6.21 Å². The molecule has 1 atom stereocenters. The molecular formula is C10H17N3O2. The number of rotatable bonds is 6. The zero-order chi connectivity index (χ0) is 11.7. The van der Waals surface area contributed by atoms with Gasteiger partial charge in [-0.2, -0.15) is 0 Å². The molecule has 0 amide bonds. The summed E-state index contributed by atoms with van der Waals surface area (Å²) < 4.78 is 4.89. The Kier molecular flexibility index (Phi) is 6.92. The maximum atomic E-state index is 5.75. The number of methoxy groups -OCH3 is 1. The van der Waals surface area contributed by atoms with Crippen LogP contribution in [-0.4, -0.2) is 26.1 Å². The highest BCUT2D eigenvalue weighted by molar-refractivity contribution is 5.52. The van der Waals surface area contributed by atoms with E-state index in [4.69, 9.17) is 15.3 Å². The van der Waals surface area contributed by atoms with E-state index in [1.54, 1.807) is 32.2 Å². The molecule has 0 saturated carbocycles. The van der Waals surface area contributed by atoms with Crippen LogP contribution >= 0.6 is 0 Å². The van der Waals surface area contributed by atoms with Crippen LogP contribution < -0.4 is 5.73 Å². The first-order valence-corrected chi connectivity index (χ1v) is 4.45. The molecule has 0 aromatic carbocycles. The van der Waals surface area contributed by atoms with Gasteiger partial charge >= 0.3 is 0 Å². The first-order valence-electron chi connectivity index (χ1n) is 4.45. The number of allylic oxidation sites excluding steroid dienone is 1. The first-order chi connectivity index (χ1) is 7.13. The predicted octanol–water partition coefficient (Wildman–Crippen LogP) is 1.43. The Morgan fingerprint density at radius 2 is 2.13 bits per heavy atom. The normalized spacial score (nSPS) is 15.2. The molecule has 84 valence electrons. The fraction of sp³-hybridized carbons (Fsp3) is 0.400. The van der Waals surface area contributed by atoms with E-state index in [0.29, 0.717) is 11.6 Å². The minimum Gasteiger partial charge on any atom is -0.481 e. The predicted molar refractivity (Wildman–Crippen MR) is 61.6 cm³/mol. The Morgan fingerprint density at radius 3 is 2.60 bits per heavy atom. The van der Waals surface area contributed by atoms with Gasteiger partial charge in [0.1, 0.15) is 5.76 Å². The summed E-state index contributed by atoms with van der Waals surface area (Å²) >= 11 is 0. The monoisotopic (exact) mass is 211 g/mol. The van der Waals surface area contributed by atoms with E-state index in [9.17, 15) is 0 Å². The molecule has 0 aliphatic heterocycles. The highest BCUT2D eigenvalue weighted by Crippen LogP contribution is 2.02. The molecule has 15 heavy (non-hydrogen) atoms. The molecular weight excluding hydrogens is 194 g/mol. The third-order valence-corrected chi connectivity index (χ3v) is 1.43. The Bertz CT molecular complexity index is 282. The molecule has 0 fully saturated rings. The van der Waals surface area contributed by atoms with E-state index in [1.807, 2.05) is 0 Å². The molecule has 0 aliphatic rings. The third kappa shape index (κ3) is 6.45. The lowest BCUT2D eigenvalue weighted by molar-refractivity contribution is 0.229. The van der Waals surface area contributed by atoms with Crippen LogP contribution in [0.1, 0.15) is 13.8 Å². The summed E-state index contributed by atoms with van der Waals surface area (Å²) in [5.41, 5.74) is 5.75. The largest absolute Gasteiger partial charge is 0.481 e. The van der Waals surface area contributed by atoms with Gasteiger partial charge in [0.15, 0.2) is 0 Å². The summed E-state index contributed by atoms with van der Waals surface area (Å²) in [6.45, 7) is 6.86. The molecule has 0 spiro atoms. The van der Waals surface area contributed by atoms with E-state index >= 15 is 0 Å². The van der Waals surface area contributed by atoms with Gasteiger partial charge < -0.3 is 15.3 Å². The van der Waals surface area contributed by atoms with Crippen LogP contribution in [0.5, 0.6) is 0 Å². The molecule has 0 radical (unpaired) electrons. The maximum absolute atomic E-state index is 5.75. The van der Waals surface area contributed by atoms with E-state index in [2.05, 4.69) is 16.9 Å². The molecule has 0 aromatic rings. The van der Waals surface area contributed by atoms with Gasteiger partial charge in [-0.25, -0.2) is 4.99 Å². The second-order valence-corrected chi connectivity index (χ2v) is 2.68. The maximum Gasteiger partial charge on any atom is 0.210 e. The SMILES string of the molecule is C=N/C(=C\C(N)/C=C(\C)O/N=C/C)OC. The number of nitrogens with zero attached hydrogens (tertiary/aromatic N) is 2. The van der Waals surface area contributed by atoms with Crippen LogP contribution in [-0.2, 0) is 9.57 Å². The van der Waals surface area contributed by atoms with Gasteiger partial charge in [-0.15, -0.1) is 0 Å². The van der Waals surface area contributed by atoms with Gasteiger partial charge in [-0.05, 0) is 32.7 Å². The van der Waals surface area contributed by atoms with Gasteiger partial charge in [0.2, 0.25) is 5.88 Å². The molecule has 0 heterocycles. The number of oxime groups is 1. The first kappa shape index (κ1) is 13.4. The number of hydrogen-bond acceptors (Lipinski definition) is 5. The smallest absolute Gasteiger partial charge is 0.210 e. The summed E-state index contributed by atoms with van der Waals surface area (Å²) in [5.74, 6) is 0.988. The zero-order valence-electron chi connectivity index (χ0n) is 9.30. The molecule has 0 aliphatic carbocycles. The molecule has 0 bridgehead atoms. The zero-order valence-corrected chi connectivity index (χ0v) is 9.30. The molecule has 0 saturated heterocycles. The summed E-state index contributed by atoms with van der Waals surface area (Å²) in [4.78, 5) is 8.57. The van der Waals surface area contributed by atoms with Gasteiger partial charge in [-0.1, -0.05) is 5.16 Å². The van der Waals surface area contributed by atoms with Crippen LogP contribution in [0.3, 0.4) is 0 Å². The van der Waals surface area contributed by atoms with Gasteiger partial charge in [0.25, 0.3) is 0 Å². The van der Waals surface area contributed by atoms with Crippen molar-refractivity contribution in [3.05, 3.63) is 23.8 Å². The Balaban J connectivity index is 4.39. The van der Waals surface area contributed by atoms with Crippen molar-refractivity contribution in [3.63, 3.8) is 0 Å². The van der Waals surface area contributed by atoms with Crippen LogP contribution in [0, 0.1) is 0 Å². The van der Waals surface area contributed by atoms with Crippen molar-refractivity contribution in [2.45, 2.75) is 19.9 Å². The fourth-order valence-electron chi connectivity index (χ4n) is 0.835. The second kappa shape index (κ2) is 7.75. The third-order valence-electron chi connectivity index (χ3n) is 1.43. The molecule has 5 heteroatoms. The van der Waals surface area contributed by atoms with E-state index in [1.165, 1.54) is 7.11 Å². The van der Waals surface area contributed by atoms with E-state index in [-0.39, 0.29) is 6.04 Å². The van der Waals surface area contributed by atoms with Crippen molar-refractivity contribution in [1.82, 2.24) is 0 Å². The summed E-state index contributed by atoms with van der Waals surface area (Å²) in [7, 11) is 1.50. The summed E-state index contributed by atoms with van der Waals surface area (Å²) in [5, 5.41) is 3.61. The number of ether oxygens (including phenoxy) is 1. The number of hydrogen-bond donors (Lipinski definition) is 1. The van der Waals surface area contributed by atoms with Crippen molar-refractivity contribution in [1.29, 1.82) is 0 Å². The minimum absolute atomic E-state index is 0.350. The molecule has 2 N–H and O–H groups in total. The average molecular weight is 211 g/mol. The second-order valence-electron chi connectivity index (χ2n) is 2.68. The molecule has 0 aromatic heterocycles.